The molecule has 0 atom stereocenters. The van der Waals surface area contributed by atoms with Crippen molar-refractivity contribution < 1.29 is 5.21 Å². The molecule has 0 saturated heterocycles. The molecule has 1 aromatic heterocycles. The molecule has 0 saturated carbocycles. The lowest BCUT2D eigenvalue weighted by Gasteiger charge is -2.03. The highest BCUT2D eigenvalue weighted by atomic mass is 35.5. The summed E-state index contributed by atoms with van der Waals surface area (Å²) < 4.78 is 0. The molecule has 1 aromatic carbocycles. The summed E-state index contributed by atoms with van der Waals surface area (Å²) in [4.78, 5) is 8.23. The van der Waals surface area contributed by atoms with E-state index in [9.17, 15) is 0 Å². The highest BCUT2D eigenvalue weighted by Crippen LogP contribution is 2.24. The van der Waals surface area contributed by atoms with Crippen molar-refractivity contribution >= 4 is 29.2 Å². The van der Waals surface area contributed by atoms with Crippen LogP contribution in [0.4, 0.5) is 0 Å². The van der Waals surface area contributed by atoms with E-state index in [0.717, 1.165) is 15.6 Å². The van der Waals surface area contributed by atoms with Crippen LogP contribution in [0.5, 0.6) is 0 Å². The third-order valence-electron chi connectivity index (χ3n) is 2.33. The SMILES string of the molecule is N/C(=N/O)c1cnc(SCc2ccccc2Cl)cn1. The molecule has 0 aliphatic rings. The summed E-state index contributed by atoms with van der Waals surface area (Å²) in [6, 6.07) is 7.65. The number of amidine groups is 1. The molecule has 7 heteroatoms. The average molecular weight is 295 g/mol. The van der Waals surface area contributed by atoms with Gasteiger partial charge in [0.1, 0.15) is 10.7 Å². The summed E-state index contributed by atoms with van der Waals surface area (Å²) in [5.74, 6) is 0.646. The van der Waals surface area contributed by atoms with E-state index >= 15 is 0 Å². The van der Waals surface area contributed by atoms with Gasteiger partial charge in [-0.15, -0.1) is 11.8 Å². The van der Waals surface area contributed by atoms with Crippen LogP contribution in [-0.4, -0.2) is 21.0 Å². The summed E-state index contributed by atoms with van der Waals surface area (Å²) in [5, 5.41) is 12.9. The molecule has 19 heavy (non-hydrogen) atoms. The zero-order valence-corrected chi connectivity index (χ0v) is 11.4. The van der Waals surface area contributed by atoms with Gasteiger partial charge < -0.3 is 10.9 Å². The third-order valence-corrected chi connectivity index (χ3v) is 3.66. The first-order chi connectivity index (χ1) is 9.20. The van der Waals surface area contributed by atoms with Crippen LogP contribution in [0.25, 0.3) is 0 Å². The maximum absolute atomic E-state index is 8.52. The largest absolute Gasteiger partial charge is 0.409 e. The van der Waals surface area contributed by atoms with E-state index in [2.05, 4.69) is 15.1 Å². The first-order valence-electron chi connectivity index (χ1n) is 5.37. The van der Waals surface area contributed by atoms with E-state index in [1.165, 1.54) is 18.0 Å². The van der Waals surface area contributed by atoms with Gasteiger partial charge in [-0.1, -0.05) is 35.0 Å². The van der Waals surface area contributed by atoms with E-state index in [0.29, 0.717) is 11.4 Å². The topological polar surface area (TPSA) is 84.4 Å². The predicted octanol–water partition coefficient (Wildman–Crippen LogP) is 2.52. The lowest BCUT2D eigenvalue weighted by Crippen LogP contribution is -2.15. The maximum atomic E-state index is 8.52. The number of thioether (sulfide) groups is 1. The van der Waals surface area contributed by atoms with Gasteiger partial charge in [0.2, 0.25) is 0 Å². The third kappa shape index (κ3) is 3.59. The quantitative estimate of drug-likeness (QED) is 0.298. The van der Waals surface area contributed by atoms with Crippen molar-refractivity contribution in [3.05, 3.63) is 52.9 Å². The summed E-state index contributed by atoms with van der Waals surface area (Å²) in [5.41, 5.74) is 6.78. The van der Waals surface area contributed by atoms with Gasteiger partial charge in [0.05, 0.1) is 12.4 Å². The molecular formula is C12H11ClN4OS. The summed E-state index contributed by atoms with van der Waals surface area (Å²) >= 11 is 7.58. The highest BCUT2D eigenvalue weighted by molar-refractivity contribution is 7.98. The van der Waals surface area contributed by atoms with Crippen molar-refractivity contribution in [1.82, 2.24) is 9.97 Å². The van der Waals surface area contributed by atoms with Crippen molar-refractivity contribution in [2.24, 2.45) is 10.9 Å². The second-order valence-corrected chi connectivity index (χ2v) is 5.01. The van der Waals surface area contributed by atoms with Crippen molar-refractivity contribution in [1.29, 1.82) is 0 Å². The fourth-order valence-corrected chi connectivity index (χ4v) is 2.43. The molecule has 0 bridgehead atoms. The number of hydrogen-bond donors (Lipinski definition) is 2. The molecule has 5 nitrogen and oxygen atoms in total. The van der Waals surface area contributed by atoms with Crippen LogP contribution < -0.4 is 5.73 Å². The Bertz CT molecular complexity index is 589. The van der Waals surface area contributed by atoms with Gasteiger partial charge in [-0.25, -0.2) is 9.97 Å². The van der Waals surface area contributed by atoms with Crippen LogP contribution in [0, 0.1) is 0 Å². The minimum atomic E-state index is -0.0600. The van der Waals surface area contributed by atoms with Crippen LogP contribution >= 0.6 is 23.4 Å². The number of rotatable bonds is 4. The number of hydrogen-bond acceptors (Lipinski definition) is 5. The van der Waals surface area contributed by atoms with Gasteiger partial charge in [0.15, 0.2) is 5.84 Å². The Hall–Kier alpha value is -1.79. The van der Waals surface area contributed by atoms with Gasteiger partial charge in [0, 0.05) is 10.8 Å². The standard InChI is InChI=1S/C12H11ClN4OS/c13-9-4-2-1-3-8(9)7-19-11-6-15-10(5-16-11)12(14)17-18/h1-6,18H,7H2,(H2,14,17). The number of oxime groups is 1. The Balaban J connectivity index is 2.03. The first-order valence-corrected chi connectivity index (χ1v) is 6.73. The number of benzene rings is 1. The summed E-state index contributed by atoms with van der Waals surface area (Å²) in [6.45, 7) is 0. The van der Waals surface area contributed by atoms with Gasteiger partial charge in [-0.3, -0.25) is 0 Å². The second-order valence-electron chi connectivity index (χ2n) is 3.61. The minimum absolute atomic E-state index is 0.0600. The monoisotopic (exact) mass is 294 g/mol. The van der Waals surface area contributed by atoms with E-state index in [1.54, 1.807) is 6.20 Å². The van der Waals surface area contributed by atoms with E-state index in [1.807, 2.05) is 24.3 Å². The Labute approximate surface area is 119 Å². The van der Waals surface area contributed by atoms with E-state index in [4.69, 9.17) is 22.5 Å². The molecule has 0 radical (unpaired) electrons. The van der Waals surface area contributed by atoms with Gasteiger partial charge in [0.25, 0.3) is 0 Å². The Morgan fingerprint density at radius 2 is 2.11 bits per heavy atom. The molecule has 98 valence electrons. The lowest BCUT2D eigenvalue weighted by atomic mass is 10.2. The molecule has 2 aromatic rings. The predicted molar refractivity (Wildman–Crippen MR) is 75.6 cm³/mol. The van der Waals surface area contributed by atoms with Crippen molar-refractivity contribution in [3.8, 4) is 0 Å². The highest BCUT2D eigenvalue weighted by Gasteiger charge is 2.04. The van der Waals surface area contributed by atoms with Gasteiger partial charge >= 0.3 is 0 Å². The normalized spacial score (nSPS) is 11.5. The van der Waals surface area contributed by atoms with Gasteiger partial charge in [-0.2, -0.15) is 0 Å². The fourth-order valence-electron chi connectivity index (χ4n) is 1.34. The van der Waals surface area contributed by atoms with Crippen LogP contribution in [0.2, 0.25) is 5.02 Å². The van der Waals surface area contributed by atoms with Gasteiger partial charge in [-0.05, 0) is 11.6 Å². The number of nitrogens with two attached hydrogens (primary N) is 1. The van der Waals surface area contributed by atoms with E-state index < -0.39 is 0 Å². The molecular weight excluding hydrogens is 284 g/mol. The van der Waals surface area contributed by atoms with Crippen LogP contribution in [0.1, 0.15) is 11.3 Å². The molecule has 0 aliphatic heterocycles. The zero-order valence-electron chi connectivity index (χ0n) is 9.82. The second kappa shape index (κ2) is 6.40. The summed E-state index contributed by atoms with van der Waals surface area (Å²) in [6.07, 6.45) is 3.04. The summed E-state index contributed by atoms with van der Waals surface area (Å²) in [7, 11) is 0. The Morgan fingerprint density at radius 3 is 2.74 bits per heavy atom. The molecule has 3 N–H and O–H groups in total. The van der Waals surface area contributed by atoms with Crippen LogP contribution in [0.3, 0.4) is 0 Å². The van der Waals surface area contributed by atoms with Crippen LogP contribution in [0.15, 0.2) is 46.8 Å². The number of nitrogens with zero attached hydrogens (tertiary/aromatic N) is 3. The molecule has 0 spiro atoms. The maximum Gasteiger partial charge on any atom is 0.190 e. The molecule has 0 fully saturated rings. The Morgan fingerprint density at radius 1 is 1.32 bits per heavy atom. The lowest BCUT2D eigenvalue weighted by molar-refractivity contribution is 0.318. The smallest absolute Gasteiger partial charge is 0.190 e. The minimum Gasteiger partial charge on any atom is -0.409 e. The molecule has 1 heterocycles. The number of aromatic nitrogens is 2. The molecule has 0 unspecified atom stereocenters. The Kier molecular flexibility index (Phi) is 4.59. The number of halogens is 1. The first kappa shape index (κ1) is 13.6. The molecule has 2 rings (SSSR count). The van der Waals surface area contributed by atoms with Crippen molar-refractivity contribution in [2.75, 3.05) is 0 Å². The van der Waals surface area contributed by atoms with Crippen molar-refractivity contribution in [2.45, 2.75) is 10.8 Å². The zero-order chi connectivity index (χ0) is 13.7. The van der Waals surface area contributed by atoms with Crippen molar-refractivity contribution in [3.63, 3.8) is 0 Å². The van der Waals surface area contributed by atoms with Crippen LogP contribution in [-0.2, 0) is 5.75 Å². The molecule has 0 amide bonds. The molecule has 0 aliphatic carbocycles. The average Bonchev–Trinajstić information content (AvgIpc) is 2.46. The van der Waals surface area contributed by atoms with E-state index in [-0.39, 0.29) is 5.84 Å². The fraction of sp³-hybridized carbons (Fsp3) is 0.0833.